The number of morpholine rings is 1. The summed E-state index contributed by atoms with van der Waals surface area (Å²) in [7, 11) is 0. The predicted molar refractivity (Wildman–Crippen MR) is 58.9 cm³/mol. The third kappa shape index (κ3) is 2.53. The first-order chi connectivity index (χ1) is 7.70. The maximum absolute atomic E-state index is 12.2. The van der Waals surface area contributed by atoms with Gasteiger partial charge in [0.05, 0.1) is 31.3 Å². The van der Waals surface area contributed by atoms with Crippen LogP contribution in [-0.2, 0) is 14.3 Å². The SMILES string of the molecule is CC1CC(C(=O)N2CCOC(CN)C2)CO1. The standard InChI is InChI=1S/C11H20N2O3/c1-8-4-9(7-16-8)11(14)13-2-3-15-10(5-12)6-13/h8-10H,2-7,12H2,1H3. The van der Waals surface area contributed by atoms with Crippen molar-refractivity contribution in [1.82, 2.24) is 4.90 Å². The highest BCUT2D eigenvalue weighted by molar-refractivity contribution is 5.79. The second-order valence-electron chi connectivity index (χ2n) is 4.59. The molecule has 0 spiro atoms. The quantitative estimate of drug-likeness (QED) is 0.698. The summed E-state index contributed by atoms with van der Waals surface area (Å²) in [6, 6.07) is 0. The van der Waals surface area contributed by atoms with Gasteiger partial charge in [0, 0.05) is 19.6 Å². The number of nitrogens with two attached hydrogens (primary N) is 1. The lowest BCUT2D eigenvalue weighted by molar-refractivity contribution is -0.142. The van der Waals surface area contributed by atoms with Crippen LogP contribution in [0.2, 0.25) is 0 Å². The Kier molecular flexibility index (Phi) is 3.78. The van der Waals surface area contributed by atoms with Gasteiger partial charge in [-0.25, -0.2) is 0 Å². The number of ether oxygens (including phenoxy) is 2. The van der Waals surface area contributed by atoms with Gasteiger partial charge in [-0.05, 0) is 13.3 Å². The van der Waals surface area contributed by atoms with Gasteiger partial charge in [-0.1, -0.05) is 0 Å². The average Bonchev–Trinajstić information content (AvgIpc) is 2.75. The molecule has 3 atom stereocenters. The first kappa shape index (κ1) is 11.8. The van der Waals surface area contributed by atoms with Crippen LogP contribution >= 0.6 is 0 Å². The average molecular weight is 228 g/mol. The number of hydrogen-bond acceptors (Lipinski definition) is 4. The molecular formula is C11H20N2O3. The van der Waals surface area contributed by atoms with Crippen molar-refractivity contribution in [2.24, 2.45) is 11.7 Å². The van der Waals surface area contributed by atoms with Gasteiger partial charge in [0.25, 0.3) is 0 Å². The van der Waals surface area contributed by atoms with Gasteiger partial charge in [-0.2, -0.15) is 0 Å². The van der Waals surface area contributed by atoms with Crippen molar-refractivity contribution in [2.45, 2.75) is 25.6 Å². The van der Waals surface area contributed by atoms with Gasteiger partial charge in [0.2, 0.25) is 5.91 Å². The summed E-state index contributed by atoms with van der Waals surface area (Å²) in [5.41, 5.74) is 5.55. The van der Waals surface area contributed by atoms with E-state index in [9.17, 15) is 4.79 Å². The summed E-state index contributed by atoms with van der Waals surface area (Å²) >= 11 is 0. The molecule has 2 aliphatic rings. The molecule has 2 fully saturated rings. The van der Waals surface area contributed by atoms with E-state index in [0.717, 1.165) is 6.42 Å². The zero-order chi connectivity index (χ0) is 11.5. The summed E-state index contributed by atoms with van der Waals surface area (Å²) < 4.78 is 10.9. The molecular weight excluding hydrogens is 208 g/mol. The molecule has 3 unspecified atom stereocenters. The van der Waals surface area contributed by atoms with E-state index in [1.54, 1.807) is 0 Å². The van der Waals surface area contributed by atoms with Gasteiger partial charge in [0.15, 0.2) is 0 Å². The van der Waals surface area contributed by atoms with Crippen molar-refractivity contribution in [3.63, 3.8) is 0 Å². The van der Waals surface area contributed by atoms with Crippen LogP contribution in [0.4, 0.5) is 0 Å². The summed E-state index contributed by atoms with van der Waals surface area (Å²) in [5, 5.41) is 0. The second-order valence-corrected chi connectivity index (χ2v) is 4.59. The van der Waals surface area contributed by atoms with Crippen LogP contribution in [0.1, 0.15) is 13.3 Å². The molecule has 0 aromatic rings. The molecule has 0 aromatic carbocycles. The van der Waals surface area contributed by atoms with Crippen LogP contribution in [0, 0.1) is 5.92 Å². The van der Waals surface area contributed by atoms with Crippen molar-refractivity contribution in [3.05, 3.63) is 0 Å². The minimum Gasteiger partial charge on any atom is -0.378 e. The Morgan fingerprint density at radius 3 is 2.94 bits per heavy atom. The maximum Gasteiger partial charge on any atom is 0.228 e. The van der Waals surface area contributed by atoms with E-state index in [1.807, 2.05) is 11.8 Å². The van der Waals surface area contributed by atoms with Crippen molar-refractivity contribution >= 4 is 5.91 Å². The van der Waals surface area contributed by atoms with Crippen molar-refractivity contribution in [2.75, 3.05) is 32.8 Å². The van der Waals surface area contributed by atoms with Gasteiger partial charge in [-0.3, -0.25) is 4.79 Å². The minimum atomic E-state index is -0.00237. The normalized spacial score (nSPS) is 35.4. The molecule has 0 bridgehead atoms. The lowest BCUT2D eigenvalue weighted by Crippen LogP contribution is -2.50. The third-order valence-corrected chi connectivity index (χ3v) is 3.26. The van der Waals surface area contributed by atoms with E-state index in [2.05, 4.69) is 0 Å². The Bertz CT molecular complexity index is 260. The van der Waals surface area contributed by atoms with Crippen molar-refractivity contribution < 1.29 is 14.3 Å². The Morgan fingerprint density at radius 1 is 1.50 bits per heavy atom. The van der Waals surface area contributed by atoms with E-state index < -0.39 is 0 Å². The van der Waals surface area contributed by atoms with E-state index in [1.165, 1.54) is 0 Å². The first-order valence-corrected chi connectivity index (χ1v) is 5.92. The lowest BCUT2D eigenvalue weighted by Gasteiger charge is -2.33. The molecule has 0 radical (unpaired) electrons. The molecule has 92 valence electrons. The fourth-order valence-corrected chi connectivity index (χ4v) is 2.31. The molecule has 0 aliphatic carbocycles. The fraction of sp³-hybridized carbons (Fsp3) is 0.909. The van der Waals surface area contributed by atoms with Crippen molar-refractivity contribution in [3.8, 4) is 0 Å². The molecule has 2 heterocycles. The van der Waals surface area contributed by atoms with Gasteiger partial charge < -0.3 is 20.1 Å². The number of carbonyl (C=O) groups is 1. The summed E-state index contributed by atoms with van der Waals surface area (Å²) in [4.78, 5) is 14.0. The van der Waals surface area contributed by atoms with Crippen LogP contribution in [0.25, 0.3) is 0 Å². The summed E-state index contributed by atoms with van der Waals surface area (Å²) in [6.07, 6.45) is 1.04. The number of hydrogen-bond donors (Lipinski definition) is 1. The lowest BCUT2D eigenvalue weighted by atomic mass is 10.0. The van der Waals surface area contributed by atoms with Crippen LogP contribution in [-0.4, -0.2) is 55.9 Å². The zero-order valence-corrected chi connectivity index (χ0v) is 9.72. The Morgan fingerprint density at radius 2 is 2.31 bits per heavy atom. The highest BCUT2D eigenvalue weighted by Crippen LogP contribution is 2.22. The highest BCUT2D eigenvalue weighted by atomic mass is 16.5. The van der Waals surface area contributed by atoms with Crippen LogP contribution < -0.4 is 5.73 Å². The molecule has 2 rings (SSSR count). The van der Waals surface area contributed by atoms with E-state index in [4.69, 9.17) is 15.2 Å². The smallest absolute Gasteiger partial charge is 0.228 e. The summed E-state index contributed by atoms with van der Waals surface area (Å²) in [6.45, 7) is 4.94. The number of rotatable bonds is 2. The van der Waals surface area contributed by atoms with Crippen LogP contribution in [0.5, 0.6) is 0 Å². The Hall–Kier alpha value is -0.650. The topological polar surface area (TPSA) is 64.8 Å². The van der Waals surface area contributed by atoms with Gasteiger partial charge >= 0.3 is 0 Å². The molecule has 1 amide bonds. The van der Waals surface area contributed by atoms with E-state index in [0.29, 0.717) is 32.8 Å². The number of nitrogens with zero attached hydrogens (tertiary/aromatic N) is 1. The third-order valence-electron chi connectivity index (χ3n) is 3.26. The van der Waals surface area contributed by atoms with Gasteiger partial charge in [0.1, 0.15) is 0 Å². The first-order valence-electron chi connectivity index (χ1n) is 5.92. The van der Waals surface area contributed by atoms with Crippen molar-refractivity contribution in [1.29, 1.82) is 0 Å². The van der Waals surface area contributed by atoms with Crippen LogP contribution in [0.3, 0.4) is 0 Å². The fourth-order valence-electron chi connectivity index (χ4n) is 2.31. The Balaban J connectivity index is 1.89. The van der Waals surface area contributed by atoms with Gasteiger partial charge in [-0.15, -0.1) is 0 Å². The molecule has 5 heteroatoms. The molecule has 16 heavy (non-hydrogen) atoms. The number of amides is 1. The Labute approximate surface area is 95.9 Å². The van der Waals surface area contributed by atoms with Crippen LogP contribution in [0.15, 0.2) is 0 Å². The van der Waals surface area contributed by atoms with E-state index in [-0.39, 0.29) is 24.0 Å². The highest BCUT2D eigenvalue weighted by Gasteiger charge is 2.33. The predicted octanol–water partition coefficient (Wildman–Crippen LogP) is -0.402. The largest absolute Gasteiger partial charge is 0.378 e. The molecule has 5 nitrogen and oxygen atoms in total. The van der Waals surface area contributed by atoms with E-state index >= 15 is 0 Å². The zero-order valence-electron chi connectivity index (χ0n) is 9.72. The maximum atomic E-state index is 12.2. The molecule has 0 aromatic heterocycles. The number of carbonyl (C=O) groups excluding carboxylic acids is 1. The molecule has 2 aliphatic heterocycles. The second kappa shape index (κ2) is 5.12. The molecule has 2 saturated heterocycles. The summed E-state index contributed by atoms with van der Waals surface area (Å²) in [5.74, 6) is 0.234. The molecule has 0 saturated carbocycles. The monoisotopic (exact) mass is 228 g/mol. The minimum absolute atomic E-state index is 0.00237. The molecule has 2 N–H and O–H groups in total.